The fourth-order valence-corrected chi connectivity index (χ4v) is 1.63. The van der Waals surface area contributed by atoms with Crippen molar-refractivity contribution in [2.45, 2.75) is 19.3 Å². The summed E-state index contributed by atoms with van der Waals surface area (Å²) >= 11 is 0. The second-order valence-corrected chi connectivity index (χ2v) is 4.67. The van der Waals surface area contributed by atoms with Crippen molar-refractivity contribution in [2.75, 3.05) is 19.8 Å². The van der Waals surface area contributed by atoms with Gasteiger partial charge in [0, 0.05) is 25.3 Å². The first-order chi connectivity index (χ1) is 8.75. The SMILES string of the molecule is O=C(NCCCOCC1CC1)c1ccc(O)cc1. The maximum absolute atomic E-state index is 11.7. The van der Waals surface area contributed by atoms with E-state index in [0.717, 1.165) is 18.9 Å². The number of phenolic OH excluding ortho intramolecular Hbond substituents is 1. The van der Waals surface area contributed by atoms with Gasteiger partial charge in [-0.25, -0.2) is 0 Å². The molecule has 0 radical (unpaired) electrons. The molecule has 1 amide bonds. The number of rotatable bonds is 7. The molecule has 0 aliphatic heterocycles. The van der Waals surface area contributed by atoms with Crippen molar-refractivity contribution >= 4 is 5.91 Å². The van der Waals surface area contributed by atoms with Crippen LogP contribution in [-0.2, 0) is 4.74 Å². The van der Waals surface area contributed by atoms with Gasteiger partial charge in [-0.15, -0.1) is 0 Å². The number of phenols is 1. The van der Waals surface area contributed by atoms with Crippen LogP contribution in [0, 0.1) is 5.92 Å². The highest BCUT2D eigenvalue weighted by molar-refractivity contribution is 5.94. The number of hydrogen-bond acceptors (Lipinski definition) is 3. The molecule has 18 heavy (non-hydrogen) atoms. The Bertz CT molecular complexity index is 385. The summed E-state index contributed by atoms with van der Waals surface area (Å²) in [6.45, 7) is 2.18. The molecule has 1 aromatic carbocycles. The van der Waals surface area contributed by atoms with Crippen molar-refractivity contribution < 1.29 is 14.6 Å². The highest BCUT2D eigenvalue weighted by Crippen LogP contribution is 2.28. The number of amides is 1. The van der Waals surface area contributed by atoms with E-state index in [1.807, 2.05) is 0 Å². The fourth-order valence-electron chi connectivity index (χ4n) is 1.63. The largest absolute Gasteiger partial charge is 0.508 e. The molecular formula is C14H19NO3. The lowest BCUT2D eigenvalue weighted by Crippen LogP contribution is -2.25. The van der Waals surface area contributed by atoms with Gasteiger partial charge in [-0.3, -0.25) is 4.79 Å². The third-order valence-corrected chi connectivity index (χ3v) is 2.93. The van der Waals surface area contributed by atoms with Gasteiger partial charge in [0.05, 0.1) is 0 Å². The molecule has 0 saturated heterocycles. The average Bonchev–Trinajstić information content (AvgIpc) is 3.18. The molecule has 0 heterocycles. The summed E-state index contributed by atoms with van der Waals surface area (Å²) in [5, 5.41) is 11.9. The number of nitrogens with one attached hydrogen (secondary N) is 1. The smallest absolute Gasteiger partial charge is 0.251 e. The molecular weight excluding hydrogens is 230 g/mol. The third-order valence-electron chi connectivity index (χ3n) is 2.93. The second-order valence-electron chi connectivity index (χ2n) is 4.67. The lowest BCUT2D eigenvalue weighted by Gasteiger charge is -2.06. The van der Waals surface area contributed by atoms with Gasteiger partial charge in [-0.2, -0.15) is 0 Å². The van der Waals surface area contributed by atoms with Crippen LogP contribution in [0.3, 0.4) is 0 Å². The summed E-state index contributed by atoms with van der Waals surface area (Å²) in [6, 6.07) is 6.23. The van der Waals surface area contributed by atoms with Crippen molar-refractivity contribution in [3.63, 3.8) is 0 Å². The van der Waals surface area contributed by atoms with E-state index in [0.29, 0.717) is 18.7 Å². The Hall–Kier alpha value is -1.55. The van der Waals surface area contributed by atoms with Gasteiger partial charge >= 0.3 is 0 Å². The lowest BCUT2D eigenvalue weighted by molar-refractivity contribution is 0.0937. The molecule has 1 aromatic rings. The summed E-state index contributed by atoms with van der Waals surface area (Å²) in [7, 11) is 0. The zero-order valence-electron chi connectivity index (χ0n) is 10.4. The van der Waals surface area contributed by atoms with Gasteiger partial charge < -0.3 is 15.2 Å². The van der Waals surface area contributed by atoms with E-state index < -0.39 is 0 Å². The van der Waals surface area contributed by atoms with Crippen LogP contribution in [0.1, 0.15) is 29.6 Å². The molecule has 1 saturated carbocycles. The Balaban J connectivity index is 1.57. The van der Waals surface area contributed by atoms with Crippen LogP contribution in [-0.4, -0.2) is 30.8 Å². The number of carbonyl (C=O) groups excluding carboxylic acids is 1. The number of aromatic hydroxyl groups is 1. The first-order valence-electron chi connectivity index (χ1n) is 6.40. The van der Waals surface area contributed by atoms with E-state index in [2.05, 4.69) is 5.32 Å². The van der Waals surface area contributed by atoms with Crippen LogP contribution in [0.5, 0.6) is 5.75 Å². The minimum absolute atomic E-state index is 0.114. The highest BCUT2D eigenvalue weighted by Gasteiger charge is 2.20. The van der Waals surface area contributed by atoms with Gasteiger partial charge in [0.1, 0.15) is 5.75 Å². The molecule has 0 spiro atoms. The van der Waals surface area contributed by atoms with E-state index in [1.54, 1.807) is 12.1 Å². The fraction of sp³-hybridized carbons (Fsp3) is 0.500. The Labute approximate surface area is 107 Å². The van der Waals surface area contributed by atoms with Crippen LogP contribution in [0.15, 0.2) is 24.3 Å². The molecule has 2 rings (SSSR count). The Morgan fingerprint density at radius 3 is 2.72 bits per heavy atom. The van der Waals surface area contributed by atoms with E-state index >= 15 is 0 Å². The van der Waals surface area contributed by atoms with Crippen molar-refractivity contribution in [2.24, 2.45) is 5.92 Å². The molecule has 2 N–H and O–H groups in total. The molecule has 0 unspecified atom stereocenters. The van der Waals surface area contributed by atoms with Gasteiger partial charge in [-0.1, -0.05) is 0 Å². The highest BCUT2D eigenvalue weighted by atomic mass is 16.5. The maximum Gasteiger partial charge on any atom is 0.251 e. The quantitative estimate of drug-likeness (QED) is 0.726. The van der Waals surface area contributed by atoms with Crippen LogP contribution in [0.2, 0.25) is 0 Å². The topological polar surface area (TPSA) is 58.6 Å². The predicted octanol–water partition coefficient (Wildman–Crippen LogP) is 1.94. The number of benzene rings is 1. The van der Waals surface area contributed by atoms with Crippen molar-refractivity contribution in [3.05, 3.63) is 29.8 Å². The monoisotopic (exact) mass is 249 g/mol. The van der Waals surface area contributed by atoms with E-state index in [-0.39, 0.29) is 11.7 Å². The Kier molecular flexibility index (Phi) is 4.59. The van der Waals surface area contributed by atoms with Gasteiger partial charge in [0.15, 0.2) is 0 Å². The molecule has 98 valence electrons. The second kappa shape index (κ2) is 6.40. The summed E-state index contributed by atoms with van der Waals surface area (Å²) in [5.74, 6) is 0.841. The average molecular weight is 249 g/mol. The van der Waals surface area contributed by atoms with Gasteiger partial charge in [-0.05, 0) is 49.4 Å². The van der Waals surface area contributed by atoms with Crippen LogP contribution in [0.4, 0.5) is 0 Å². The van der Waals surface area contributed by atoms with Gasteiger partial charge in [0.2, 0.25) is 0 Å². The predicted molar refractivity (Wildman–Crippen MR) is 68.6 cm³/mol. The summed E-state index contributed by atoms with van der Waals surface area (Å²) in [4.78, 5) is 11.7. The molecule has 0 aromatic heterocycles. The Morgan fingerprint density at radius 2 is 2.06 bits per heavy atom. The first-order valence-corrected chi connectivity index (χ1v) is 6.40. The normalized spacial score (nSPS) is 14.4. The molecule has 1 aliphatic rings. The molecule has 4 nitrogen and oxygen atoms in total. The van der Waals surface area contributed by atoms with E-state index in [1.165, 1.54) is 25.0 Å². The number of carbonyl (C=O) groups is 1. The van der Waals surface area contributed by atoms with E-state index in [4.69, 9.17) is 9.84 Å². The molecule has 1 aliphatic carbocycles. The minimum Gasteiger partial charge on any atom is -0.508 e. The van der Waals surface area contributed by atoms with Crippen molar-refractivity contribution in [3.8, 4) is 5.75 Å². The number of hydrogen-bond donors (Lipinski definition) is 2. The van der Waals surface area contributed by atoms with E-state index in [9.17, 15) is 4.79 Å². The molecule has 4 heteroatoms. The lowest BCUT2D eigenvalue weighted by atomic mass is 10.2. The zero-order chi connectivity index (χ0) is 12.8. The number of ether oxygens (including phenoxy) is 1. The zero-order valence-corrected chi connectivity index (χ0v) is 10.4. The first kappa shape index (κ1) is 12.9. The molecule has 0 atom stereocenters. The minimum atomic E-state index is -0.114. The summed E-state index contributed by atoms with van der Waals surface area (Å²) in [6.07, 6.45) is 3.44. The third kappa shape index (κ3) is 4.37. The van der Waals surface area contributed by atoms with Crippen LogP contribution < -0.4 is 5.32 Å². The standard InChI is InChI=1S/C14H19NO3/c16-13-6-4-12(5-7-13)14(17)15-8-1-9-18-10-11-2-3-11/h4-7,11,16H,1-3,8-10H2,(H,15,17). The molecule has 0 bridgehead atoms. The summed E-state index contributed by atoms with van der Waals surface area (Å²) < 4.78 is 5.48. The maximum atomic E-state index is 11.7. The van der Waals surface area contributed by atoms with Crippen molar-refractivity contribution in [1.29, 1.82) is 0 Å². The molecule has 1 fully saturated rings. The summed E-state index contributed by atoms with van der Waals surface area (Å²) in [5.41, 5.74) is 0.562. The van der Waals surface area contributed by atoms with Gasteiger partial charge in [0.25, 0.3) is 5.91 Å². The van der Waals surface area contributed by atoms with Crippen LogP contribution in [0.25, 0.3) is 0 Å². The van der Waals surface area contributed by atoms with Crippen molar-refractivity contribution in [1.82, 2.24) is 5.32 Å². The van der Waals surface area contributed by atoms with Crippen LogP contribution >= 0.6 is 0 Å². The Morgan fingerprint density at radius 1 is 1.33 bits per heavy atom.